The number of nitro benzene ring substituents is 1. The second-order valence-electron chi connectivity index (χ2n) is 6.33. The van der Waals surface area contributed by atoms with Crippen LogP contribution in [0.5, 0.6) is 0 Å². The van der Waals surface area contributed by atoms with E-state index in [1.54, 1.807) is 6.20 Å². The van der Waals surface area contributed by atoms with Crippen molar-refractivity contribution in [2.45, 2.75) is 12.5 Å². The minimum absolute atomic E-state index is 0.0314. The van der Waals surface area contributed by atoms with E-state index in [9.17, 15) is 19.7 Å². The van der Waals surface area contributed by atoms with E-state index in [1.807, 2.05) is 24.3 Å². The molecule has 0 aliphatic heterocycles. The van der Waals surface area contributed by atoms with Crippen molar-refractivity contribution in [3.05, 3.63) is 82.0 Å². The maximum Gasteiger partial charge on any atom is 0.328 e. The highest BCUT2D eigenvalue weighted by atomic mass is 16.6. The number of hydrogen-bond acceptors (Lipinski definition) is 5. The van der Waals surface area contributed by atoms with Crippen LogP contribution in [0.15, 0.2) is 60.8 Å². The van der Waals surface area contributed by atoms with Crippen molar-refractivity contribution in [3.63, 3.8) is 0 Å². The number of hydrogen-bond donors (Lipinski definition) is 2. The van der Waals surface area contributed by atoms with Crippen molar-refractivity contribution in [3.8, 4) is 0 Å². The third-order valence-corrected chi connectivity index (χ3v) is 4.43. The van der Waals surface area contributed by atoms with Gasteiger partial charge in [-0.25, -0.2) is 4.79 Å². The number of aromatic amines is 1. The Bertz CT molecular complexity index is 1070. The Morgan fingerprint density at radius 2 is 1.93 bits per heavy atom. The van der Waals surface area contributed by atoms with Crippen LogP contribution in [0, 0.1) is 10.1 Å². The largest absolute Gasteiger partial charge is 0.467 e. The molecule has 0 radical (unpaired) electrons. The molecule has 0 aliphatic carbocycles. The van der Waals surface area contributed by atoms with Gasteiger partial charge in [0.1, 0.15) is 6.04 Å². The molecule has 1 aromatic heterocycles. The standard InChI is InChI=1S/C21H19N3O5/c1-29-21(26)19(12-15-13-22-18-5-3-2-4-17(15)18)23-20(25)11-8-14-6-9-16(10-7-14)24(27)28/h2-11,13,19,22H,12H2,1H3,(H,23,25). The van der Waals surface area contributed by atoms with E-state index < -0.39 is 22.8 Å². The number of rotatable bonds is 7. The van der Waals surface area contributed by atoms with Gasteiger partial charge in [0.05, 0.1) is 12.0 Å². The molecule has 2 N–H and O–H groups in total. The van der Waals surface area contributed by atoms with Gasteiger partial charge < -0.3 is 15.0 Å². The Kier molecular flexibility index (Phi) is 6.03. The summed E-state index contributed by atoms with van der Waals surface area (Å²) in [7, 11) is 1.27. The summed E-state index contributed by atoms with van der Waals surface area (Å²) in [5.74, 6) is -1.02. The number of aromatic nitrogens is 1. The van der Waals surface area contributed by atoms with Crippen LogP contribution < -0.4 is 5.32 Å². The Morgan fingerprint density at radius 1 is 1.21 bits per heavy atom. The summed E-state index contributed by atoms with van der Waals surface area (Å²) in [6.45, 7) is 0. The van der Waals surface area contributed by atoms with Gasteiger partial charge in [0, 0.05) is 41.7 Å². The van der Waals surface area contributed by atoms with Crippen molar-refractivity contribution in [1.82, 2.24) is 10.3 Å². The molecule has 0 fully saturated rings. The molecular formula is C21H19N3O5. The molecule has 1 heterocycles. The molecule has 148 valence electrons. The number of benzene rings is 2. The molecule has 1 unspecified atom stereocenters. The van der Waals surface area contributed by atoms with E-state index in [2.05, 4.69) is 10.3 Å². The smallest absolute Gasteiger partial charge is 0.328 e. The molecule has 0 bridgehead atoms. The van der Waals surface area contributed by atoms with Crippen LogP contribution in [-0.4, -0.2) is 34.9 Å². The number of nitrogens with one attached hydrogen (secondary N) is 2. The molecule has 0 aliphatic rings. The summed E-state index contributed by atoms with van der Waals surface area (Å²) in [4.78, 5) is 37.8. The Labute approximate surface area is 166 Å². The molecule has 8 heteroatoms. The number of para-hydroxylation sites is 1. The predicted octanol–water partition coefficient (Wildman–Crippen LogP) is 2.99. The Morgan fingerprint density at radius 3 is 2.62 bits per heavy atom. The van der Waals surface area contributed by atoms with Crippen molar-refractivity contribution < 1.29 is 19.2 Å². The van der Waals surface area contributed by atoms with Gasteiger partial charge in [0.15, 0.2) is 0 Å². The zero-order valence-electron chi connectivity index (χ0n) is 15.6. The SMILES string of the molecule is COC(=O)C(Cc1c[nH]c2ccccc12)NC(=O)C=Cc1ccc([N+](=O)[O-])cc1. The number of carbonyl (C=O) groups excluding carboxylic acids is 2. The van der Waals surface area contributed by atoms with E-state index in [4.69, 9.17) is 4.74 Å². The first-order valence-corrected chi connectivity index (χ1v) is 8.84. The van der Waals surface area contributed by atoms with Gasteiger partial charge in [0.25, 0.3) is 5.69 Å². The fourth-order valence-electron chi connectivity index (χ4n) is 2.95. The number of carbonyl (C=O) groups is 2. The van der Waals surface area contributed by atoms with Crippen molar-refractivity contribution >= 4 is 34.5 Å². The van der Waals surface area contributed by atoms with Crippen molar-refractivity contribution in [2.24, 2.45) is 0 Å². The van der Waals surface area contributed by atoms with E-state index in [0.717, 1.165) is 16.5 Å². The average molecular weight is 393 g/mol. The van der Waals surface area contributed by atoms with Crippen LogP contribution in [0.1, 0.15) is 11.1 Å². The molecule has 1 amide bonds. The van der Waals surface area contributed by atoms with Gasteiger partial charge in [-0.05, 0) is 35.4 Å². The van der Waals surface area contributed by atoms with Crippen LogP contribution in [-0.2, 0) is 20.7 Å². The number of ether oxygens (including phenoxy) is 1. The summed E-state index contributed by atoms with van der Waals surface area (Å²) >= 11 is 0. The minimum Gasteiger partial charge on any atom is -0.467 e. The van der Waals surface area contributed by atoms with Gasteiger partial charge in [-0.2, -0.15) is 0 Å². The van der Waals surface area contributed by atoms with Crippen LogP contribution in [0.2, 0.25) is 0 Å². The zero-order chi connectivity index (χ0) is 20.8. The summed E-state index contributed by atoms with van der Waals surface area (Å²) in [6, 6.07) is 12.6. The first-order valence-electron chi connectivity index (χ1n) is 8.84. The lowest BCUT2D eigenvalue weighted by Crippen LogP contribution is -2.42. The maximum atomic E-state index is 12.3. The van der Waals surface area contributed by atoms with Crippen LogP contribution in [0.3, 0.4) is 0 Å². The molecule has 29 heavy (non-hydrogen) atoms. The number of amides is 1. The number of nitro groups is 1. The summed E-state index contributed by atoms with van der Waals surface area (Å²) < 4.78 is 4.82. The average Bonchev–Trinajstić information content (AvgIpc) is 3.14. The molecule has 0 spiro atoms. The number of methoxy groups -OCH3 is 1. The number of non-ortho nitro benzene ring substituents is 1. The monoisotopic (exact) mass is 393 g/mol. The van der Waals surface area contributed by atoms with Crippen LogP contribution >= 0.6 is 0 Å². The second kappa shape index (κ2) is 8.83. The predicted molar refractivity (Wildman–Crippen MR) is 108 cm³/mol. The third-order valence-electron chi connectivity index (χ3n) is 4.43. The lowest BCUT2D eigenvalue weighted by molar-refractivity contribution is -0.384. The highest BCUT2D eigenvalue weighted by Crippen LogP contribution is 2.19. The van der Waals surface area contributed by atoms with Gasteiger partial charge in [-0.3, -0.25) is 14.9 Å². The molecule has 1 atom stereocenters. The molecule has 3 rings (SSSR count). The maximum absolute atomic E-state index is 12.3. The highest BCUT2D eigenvalue weighted by Gasteiger charge is 2.22. The number of nitrogens with zero attached hydrogens (tertiary/aromatic N) is 1. The van der Waals surface area contributed by atoms with Gasteiger partial charge >= 0.3 is 5.97 Å². The lowest BCUT2D eigenvalue weighted by atomic mass is 10.0. The normalized spacial score (nSPS) is 12.0. The molecule has 2 aromatic carbocycles. The van der Waals surface area contributed by atoms with Gasteiger partial charge in [-0.15, -0.1) is 0 Å². The topological polar surface area (TPSA) is 114 Å². The van der Waals surface area contributed by atoms with Gasteiger partial charge in [-0.1, -0.05) is 18.2 Å². The van der Waals surface area contributed by atoms with E-state index >= 15 is 0 Å². The molecular weight excluding hydrogens is 374 g/mol. The van der Waals surface area contributed by atoms with E-state index in [-0.39, 0.29) is 12.1 Å². The molecule has 8 nitrogen and oxygen atoms in total. The van der Waals surface area contributed by atoms with Crippen molar-refractivity contribution in [1.29, 1.82) is 0 Å². The van der Waals surface area contributed by atoms with Crippen molar-refractivity contribution in [2.75, 3.05) is 7.11 Å². The molecule has 0 saturated heterocycles. The Balaban J connectivity index is 1.70. The molecule has 0 saturated carbocycles. The highest BCUT2D eigenvalue weighted by molar-refractivity contribution is 5.95. The van der Waals surface area contributed by atoms with Crippen LogP contribution in [0.4, 0.5) is 5.69 Å². The first-order chi connectivity index (χ1) is 14.0. The summed E-state index contributed by atoms with van der Waals surface area (Å²) in [5.41, 5.74) is 2.42. The minimum atomic E-state index is -0.854. The fourth-order valence-corrected chi connectivity index (χ4v) is 2.95. The first kappa shape index (κ1) is 19.8. The third kappa shape index (κ3) is 4.86. The lowest BCUT2D eigenvalue weighted by Gasteiger charge is -2.15. The summed E-state index contributed by atoms with van der Waals surface area (Å²) in [6.07, 6.45) is 4.86. The zero-order valence-corrected chi connectivity index (χ0v) is 15.6. The molecule has 3 aromatic rings. The summed E-state index contributed by atoms with van der Waals surface area (Å²) in [5, 5.41) is 14.3. The number of fused-ring (bicyclic) bond motifs is 1. The second-order valence-corrected chi connectivity index (χ2v) is 6.33. The fraction of sp³-hybridized carbons (Fsp3) is 0.143. The number of H-pyrrole nitrogens is 1. The number of esters is 1. The Hall–Kier alpha value is -3.94. The van der Waals surface area contributed by atoms with E-state index in [0.29, 0.717) is 5.56 Å². The van der Waals surface area contributed by atoms with E-state index in [1.165, 1.54) is 43.5 Å². The van der Waals surface area contributed by atoms with Crippen LogP contribution in [0.25, 0.3) is 17.0 Å². The quantitative estimate of drug-likeness (QED) is 0.277. The van der Waals surface area contributed by atoms with Gasteiger partial charge in [0.2, 0.25) is 5.91 Å².